The first-order valence-corrected chi connectivity index (χ1v) is 9.58. The van der Waals surface area contributed by atoms with Crippen LogP contribution in [0.1, 0.15) is 10.5 Å². The van der Waals surface area contributed by atoms with Crippen LogP contribution in [0.15, 0.2) is 66.7 Å². The summed E-state index contributed by atoms with van der Waals surface area (Å²) in [5.41, 5.74) is 3.15. The number of nitrogens with zero attached hydrogens (tertiary/aromatic N) is 4. The van der Waals surface area contributed by atoms with Crippen LogP contribution in [-0.2, 0) is 4.74 Å². The Hall–Kier alpha value is -3.45. The van der Waals surface area contributed by atoms with Crippen molar-refractivity contribution in [3.8, 4) is 0 Å². The summed E-state index contributed by atoms with van der Waals surface area (Å²) in [6.07, 6.45) is 0. The zero-order valence-electron chi connectivity index (χ0n) is 16.3. The summed E-state index contributed by atoms with van der Waals surface area (Å²) in [5.74, 6) is 0.383. The summed E-state index contributed by atoms with van der Waals surface area (Å²) in [5, 5.41) is 11.6. The molecule has 3 aromatic rings. The number of morpholine rings is 1. The lowest BCUT2D eigenvalue weighted by molar-refractivity contribution is 0.0987. The van der Waals surface area contributed by atoms with E-state index in [1.54, 1.807) is 24.1 Å². The number of aromatic nitrogens is 2. The lowest BCUT2D eigenvalue weighted by atomic mass is 10.2. The minimum absolute atomic E-state index is 0.205. The van der Waals surface area contributed by atoms with E-state index in [9.17, 15) is 4.79 Å². The van der Waals surface area contributed by atoms with Crippen molar-refractivity contribution < 1.29 is 9.53 Å². The molecule has 0 bridgehead atoms. The molecule has 1 saturated heterocycles. The van der Waals surface area contributed by atoms with Gasteiger partial charge >= 0.3 is 0 Å². The lowest BCUT2D eigenvalue weighted by Crippen LogP contribution is -2.36. The molecule has 7 nitrogen and oxygen atoms in total. The van der Waals surface area contributed by atoms with Crippen molar-refractivity contribution in [3.63, 3.8) is 0 Å². The number of hydrogen-bond donors (Lipinski definition) is 1. The largest absolute Gasteiger partial charge is 0.378 e. The Balaban J connectivity index is 1.48. The molecular weight excluding hydrogens is 366 g/mol. The Labute approximate surface area is 169 Å². The van der Waals surface area contributed by atoms with Crippen LogP contribution in [0.4, 0.5) is 22.9 Å². The first kappa shape index (κ1) is 18.9. The van der Waals surface area contributed by atoms with E-state index in [1.807, 2.05) is 48.5 Å². The van der Waals surface area contributed by atoms with Gasteiger partial charge in [0.05, 0.1) is 24.6 Å². The third kappa shape index (κ3) is 4.35. The van der Waals surface area contributed by atoms with E-state index in [-0.39, 0.29) is 5.91 Å². The topological polar surface area (TPSA) is 70.6 Å². The molecule has 4 rings (SSSR count). The highest BCUT2D eigenvalue weighted by molar-refractivity contribution is 6.04. The van der Waals surface area contributed by atoms with E-state index >= 15 is 0 Å². The standard InChI is InChI=1S/C22H23N5O2/c1-26(17-7-3-2-4-8-17)22(28)19-11-12-21(25-24-19)23-18-9-5-6-10-20(18)27-13-15-29-16-14-27/h2-12H,13-16H2,1H3,(H,23,25). The van der Waals surface area contributed by atoms with Crippen LogP contribution in [-0.4, -0.2) is 49.5 Å². The molecule has 1 fully saturated rings. The second kappa shape index (κ2) is 8.70. The minimum Gasteiger partial charge on any atom is -0.378 e. The van der Waals surface area contributed by atoms with E-state index in [1.165, 1.54) is 0 Å². The molecule has 1 aliphatic heterocycles. The van der Waals surface area contributed by atoms with E-state index in [0.29, 0.717) is 11.5 Å². The molecule has 7 heteroatoms. The predicted molar refractivity (Wildman–Crippen MR) is 114 cm³/mol. The van der Waals surface area contributed by atoms with Crippen molar-refractivity contribution in [3.05, 3.63) is 72.4 Å². The van der Waals surface area contributed by atoms with Gasteiger partial charge in [0.1, 0.15) is 0 Å². The van der Waals surface area contributed by atoms with Gasteiger partial charge in [-0.1, -0.05) is 30.3 Å². The number of para-hydroxylation sites is 3. The average molecular weight is 389 g/mol. The van der Waals surface area contributed by atoms with Crippen molar-refractivity contribution in [2.45, 2.75) is 0 Å². The van der Waals surface area contributed by atoms with Crippen LogP contribution in [0.3, 0.4) is 0 Å². The lowest BCUT2D eigenvalue weighted by Gasteiger charge is -2.30. The third-order valence-corrected chi connectivity index (χ3v) is 4.85. The van der Waals surface area contributed by atoms with E-state index in [0.717, 1.165) is 43.4 Å². The fourth-order valence-corrected chi connectivity index (χ4v) is 3.25. The number of rotatable bonds is 5. The highest BCUT2D eigenvalue weighted by Gasteiger charge is 2.17. The predicted octanol–water partition coefficient (Wildman–Crippen LogP) is 3.33. The number of carbonyl (C=O) groups is 1. The number of hydrogen-bond acceptors (Lipinski definition) is 6. The molecule has 0 atom stereocenters. The molecule has 0 aliphatic carbocycles. The van der Waals surface area contributed by atoms with E-state index < -0.39 is 0 Å². The van der Waals surface area contributed by atoms with Crippen molar-refractivity contribution in [2.24, 2.45) is 0 Å². The van der Waals surface area contributed by atoms with Gasteiger partial charge in [-0.05, 0) is 36.4 Å². The van der Waals surface area contributed by atoms with Crippen LogP contribution in [0.5, 0.6) is 0 Å². The molecule has 0 unspecified atom stereocenters. The van der Waals surface area contributed by atoms with Gasteiger partial charge in [0.2, 0.25) is 0 Å². The Kier molecular flexibility index (Phi) is 5.67. The van der Waals surface area contributed by atoms with Crippen LogP contribution in [0.2, 0.25) is 0 Å². The fraction of sp³-hybridized carbons (Fsp3) is 0.227. The molecule has 148 valence electrons. The molecule has 29 heavy (non-hydrogen) atoms. The number of anilines is 4. The number of nitrogens with one attached hydrogen (secondary N) is 1. The fourth-order valence-electron chi connectivity index (χ4n) is 3.25. The number of amides is 1. The summed E-state index contributed by atoms with van der Waals surface area (Å²) in [4.78, 5) is 16.5. The molecule has 2 aromatic carbocycles. The van der Waals surface area contributed by atoms with Crippen molar-refractivity contribution in [1.29, 1.82) is 0 Å². The minimum atomic E-state index is -0.205. The van der Waals surface area contributed by atoms with Gasteiger partial charge in [-0.2, -0.15) is 0 Å². The van der Waals surface area contributed by atoms with Gasteiger partial charge in [0, 0.05) is 25.8 Å². The normalized spacial score (nSPS) is 13.8. The number of benzene rings is 2. The average Bonchev–Trinajstić information content (AvgIpc) is 2.80. The van der Waals surface area contributed by atoms with Crippen molar-refractivity contribution in [2.75, 3.05) is 48.5 Å². The number of ether oxygens (including phenoxy) is 1. The third-order valence-electron chi connectivity index (χ3n) is 4.85. The van der Waals surface area contributed by atoms with Crippen LogP contribution >= 0.6 is 0 Å². The van der Waals surface area contributed by atoms with E-state index in [2.05, 4.69) is 26.5 Å². The summed E-state index contributed by atoms with van der Waals surface area (Å²) >= 11 is 0. The summed E-state index contributed by atoms with van der Waals surface area (Å²) < 4.78 is 5.45. The van der Waals surface area contributed by atoms with Gasteiger partial charge in [0.15, 0.2) is 11.5 Å². The zero-order valence-corrected chi connectivity index (χ0v) is 16.3. The van der Waals surface area contributed by atoms with Gasteiger partial charge in [-0.15, -0.1) is 10.2 Å². The molecule has 1 aromatic heterocycles. The first-order chi connectivity index (χ1) is 14.2. The Morgan fingerprint density at radius 1 is 0.966 bits per heavy atom. The van der Waals surface area contributed by atoms with Crippen LogP contribution < -0.4 is 15.1 Å². The molecule has 1 amide bonds. The van der Waals surface area contributed by atoms with Gasteiger partial charge in [-0.25, -0.2) is 0 Å². The highest BCUT2D eigenvalue weighted by atomic mass is 16.5. The Bertz CT molecular complexity index is 956. The second-order valence-corrected chi connectivity index (χ2v) is 6.75. The van der Waals surface area contributed by atoms with Crippen LogP contribution in [0, 0.1) is 0 Å². The maximum Gasteiger partial charge on any atom is 0.278 e. The van der Waals surface area contributed by atoms with Crippen LogP contribution in [0.25, 0.3) is 0 Å². The first-order valence-electron chi connectivity index (χ1n) is 9.58. The molecule has 0 saturated carbocycles. The second-order valence-electron chi connectivity index (χ2n) is 6.75. The summed E-state index contributed by atoms with van der Waals surface area (Å²) in [6, 6.07) is 21.0. The maximum absolute atomic E-state index is 12.7. The summed E-state index contributed by atoms with van der Waals surface area (Å²) in [7, 11) is 1.73. The molecular formula is C22H23N5O2. The van der Waals surface area contributed by atoms with Gasteiger partial charge in [0.25, 0.3) is 5.91 Å². The van der Waals surface area contributed by atoms with Crippen molar-refractivity contribution in [1.82, 2.24) is 10.2 Å². The summed E-state index contributed by atoms with van der Waals surface area (Å²) in [6.45, 7) is 3.15. The van der Waals surface area contributed by atoms with E-state index in [4.69, 9.17) is 4.74 Å². The van der Waals surface area contributed by atoms with Gasteiger partial charge < -0.3 is 19.9 Å². The quantitative estimate of drug-likeness (QED) is 0.722. The molecule has 0 spiro atoms. The van der Waals surface area contributed by atoms with Gasteiger partial charge in [-0.3, -0.25) is 4.79 Å². The molecule has 0 radical (unpaired) electrons. The van der Waals surface area contributed by atoms with Crippen molar-refractivity contribution >= 4 is 28.8 Å². The molecule has 1 aliphatic rings. The Morgan fingerprint density at radius 2 is 1.69 bits per heavy atom. The Morgan fingerprint density at radius 3 is 2.41 bits per heavy atom. The molecule has 2 heterocycles. The maximum atomic E-state index is 12.7. The zero-order chi connectivity index (χ0) is 20.1. The SMILES string of the molecule is CN(C(=O)c1ccc(Nc2ccccc2N2CCOCC2)nn1)c1ccccc1. The monoisotopic (exact) mass is 389 g/mol. The smallest absolute Gasteiger partial charge is 0.278 e. The molecule has 1 N–H and O–H groups in total. The number of carbonyl (C=O) groups excluding carboxylic acids is 1. The highest BCUT2D eigenvalue weighted by Crippen LogP contribution is 2.28.